The third-order valence-corrected chi connectivity index (χ3v) is 4.12. The van der Waals surface area contributed by atoms with Gasteiger partial charge in [-0.2, -0.15) is 0 Å². The number of thiophene rings is 1. The maximum Gasteiger partial charge on any atom is 0.263 e. The smallest absolute Gasteiger partial charge is 0.263 e. The Morgan fingerprint density at radius 2 is 2.18 bits per heavy atom. The SMILES string of the molecule is CCN(CCBr)C(=O)c1cc2ccccc2s1. The van der Waals surface area contributed by atoms with Crippen molar-refractivity contribution in [2.75, 3.05) is 18.4 Å². The molecule has 0 N–H and O–H groups in total. The Bertz CT molecular complexity index is 490. The number of carbonyl (C=O) groups is 1. The molecule has 2 aromatic rings. The van der Waals surface area contributed by atoms with E-state index < -0.39 is 0 Å². The molecule has 0 fully saturated rings. The van der Waals surface area contributed by atoms with Crippen molar-refractivity contribution in [3.05, 3.63) is 35.2 Å². The van der Waals surface area contributed by atoms with Crippen molar-refractivity contribution in [2.45, 2.75) is 6.92 Å². The number of halogens is 1. The molecule has 0 aliphatic rings. The van der Waals surface area contributed by atoms with Crippen LogP contribution < -0.4 is 0 Å². The second-order valence-electron chi connectivity index (χ2n) is 3.72. The first-order chi connectivity index (χ1) is 8.26. The molecule has 0 radical (unpaired) electrons. The highest BCUT2D eigenvalue weighted by Crippen LogP contribution is 2.26. The van der Waals surface area contributed by atoms with Gasteiger partial charge in [0.05, 0.1) is 4.88 Å². The number of rotatable bonds is 4. The third kappa shape index (κ3) is 2.69. The highest BCUT2D eigenvalue weighted by Gasteiger charge is 2.15. The van der Waals surface area contributed by atoms with E-state index in [1.54, 1.807) is 11.3 Å². The maximum atomic E-state index is 12.3. The van der Waals surface area contributed by atoms with Gasteiger partial charge in [-0.25, -0.2) is 0 Å². The van der Waals surface area contributed by atoms with Crippen LogP contribution in [0.1, 0.15) is 16.6 Å². The summed E-state index contributed by atoms with van der Waals surface area (Å²) in [5, 5.41) is 1.97. The lowest BCUT2D eigenvalue weighted by atomic mass is 10.2. The van der Waals surface area contributed by atoms with Crippen LogP contribution in [0.2, 0.25) is 0 Å². The van der Waals surface area contributed by atoms with E-state index in [1.165, 1.54) is 4.70 Å². The molecule has 0 aliphatic carbocycles. The molecular weight excluding hydrogens is 298 g/mol. The first kappa shape index (κ1) is 12.6. The number of carbonyl (C=O) groups excluding carboxylic acids is 1. The van der Waals surface area contributed by atoms with Crippen molar-refractivity contribution < 1.29 is 4.79 Å². The second-order valence-corrected chi connectivity index (χ2v) is 5.60. The Hall–Kier alpha value is -0.870. The van der Waals surface area contributed by atoms with Crippen LogP contribution in [0, 0.1) is 0 Å². The summed E-state index contributed by atoms with van der Waals surface area (Å²) in [6, 6.07) is 10.1. The molecule has 2 rings (SSSR count). The lowest BCUT2D eigenvalue weighted by Gasteiger charge is -2.18. The van der Waals surface area contributed by atoms with Crippen LogP contribution in [0.25, 0.3) is 10.1 Å². The highest BCUT2D eigenvalue weighted by atomic mass is 79.9. The molecule has 0 aliphatic heterocycles. The van der Waals surface area contributed by atoms with E-state index in [2.05, 4.69) is 22.0 Å². The summed E-state index contributed by atoms with van der Waals surface area (Å²) < 4.78 is 1.17. The van der Waals surface area contributed by atoms with Gasteiger partial charge in [0, 0.05) is 23.1 Å². The Morgan fingerprint density at radius 1 is 1.41 bits per heavy atom. The molecule has 90 valence electrons. The fraction of sp³-hybridized carbons (Fsp3) is 0.308. The summed E-state index contributed by atoms with van der Waals surface area (Å²) >= 11 is 4.94. The fourth-order valence-electron chi connectivity index (χ4n) is 1.75. The summed E-state index contributed by atoms with van der Waals surface area (Å²) in [5.41, 5.74) is 0. The van der Waals surface area contributed by atoms with Crippen molar-refractivity contribution in [2.24, 2.45) is 0 Å². The number of amides is 1. The number of nitrogens with zero attached hydrogens (tertiary/aromatic N) is 1. The minimum Gasteiger partial charge on any atom is -0.337 e. The van der Waals surface area contributed by atoms with E-state index in [4.69, 9.17) is 0 Å². The molecule has 1 aromatic carbocycles. The van der Waals surface area contributed by atoms with Crippen LogP contribution in [0.4, 0.5) is 0 Å². The third-order valence-electron chi connectivity index (χ3n) is 2.66. The van der Waals surface area contributed by atoms with E-state index >= 15 is 0 Å². The van der Waals surface area contributed by atoms with E-state index in [0.29, 0.717) is 0 Å². The molecule has 0 saturated heterocycles. The number of alkyl halides is 1. The first-order valence-corrected chi connectivity index (χ1v) is 7.54. The van der Waals surface area contributed by atoms with Gasteiger partial charge in [-0.1, -0.05) is 34.1 Å². The van der Waals surface area contributed by atoms with Gasteiger partial charge in [-0.05, 0) is 24.4 Å². The predicted octanol–water partition coefficient (Wildman–Crippen LogP) is 3.76. The van der Waals surface area contributed by atoms with Crippen LogP contribution >= 0.6 is 27.3 Å². The van der Waals surface area contributed by atoms with E-state index in [9.17, 15) is 4.79 Å². The van der Waals surface area contributed by atoms with Crippen molar-refractivity contribution in [1.29, 1.82) is 0 Å². The van der Waals surface area contributed by atoms with Crippen LogP contribution in [-0.4, -0.2) is 29.2 Å². The van der Waals surface area contributed by atoms with Crippen LogP contribution in [0.5, 0.6) is 0 Å². The average Bonchev–Trinajstić information content (AvgIpc) is 2.78. The summed E-state index contributed by atoms with van der Waals surface area (Å²) in [6.45, 7) is 3.51. The van der Waals surface area contributed by atoms with Gasteiger partial charge in [0.15, 0.2) is 0 Å². The molecular formula is C13H14BrNOS. The summed E-state index contributed by atoms with van der Waals surface area (Å²) in [7, 11) is 0. The van der Waals surface area contributed by atoms with Crippen molar-refractivity contribution in [3.8, 4) is 0 Å². The first-order valence-electron chi connectivity index (χ1n) is 5.60. The molecule has 4 heteroatoms. The van der Waals surface area contributed by atoms with Crippen LogP contribution in [0.15, 0.2) is 30.3 Å². The molecule has 0 atom stereocenters. The predicted molar refractivity (Wildman–Crippen MR) is 77.2 cm³/mol. The van der Waals surface area contributed by atoms with Gasteiger partial charge in [-0.15, -0.1) is 11.3 Å². The molecule has 0 unspecified atom stereocenters. The van der Waals surface area contributed by atoms with Gasteiger partial charge >= 0.3 is 0 Å². The van der Waals surface area contributed by atoms with Crippen molar-refractivity contribution in [1.82, 2.24) is 4.90 Å². The van der Waals surface area contributed by atoms with Gasteiger partial charge in [0.2, 0.25) is 0 Å². The molecule has 1 aromatic heterocycles. The lowest BCUT2D eigenvalue weighted by Crippen LogP contribution is -2.31. The lowest BCUT2D eigenvalue weighted by molar-refractivity contribution is 0.0780. The molecule has 0 bridgehead atoms. The van der Waals surface area contributed by atoms with E-state index in [0.717, 1.165) is 28.7 Å². The minimum atomic E-state index is 0.133. The zero-order valence-electron chi connectivity index (χ0n) is 9.65. The van der Waals surface area contributed by atoms with Gasteiger partial charge in [0.25, 0.3) is 5.91 Å². The zero-order valence-corrected chi connectivity index (χ0v) is 12.1. The number of hydrogen-bond acceptors (Lipinski definition) is 2. The monoisotopic (exact) mass is 311 g/mol. The van der Waals surface area contributed by atoms with Gasteiger partial charge in [-0.3, -0.25) is 4.79 Å². The Kier molecular flexibility index (Phi) is 4.18. The Morgan fingerprint density at radius 3 is 2.82 bits per heavy atom. The largest absolute Gasteiger partial charge is 0.337 e. The second kappa shape index (κ2) is 5.65. The van der Waals surface area contributed by atoms with Crippen molar-refractivity contribution in [3.63, 3.8) is 0 Å². The summed E-state index contributed by atoms with van der Waals surface area (Å²) in [5.74, 6) is 0.133. The molecule has 2 nitrogen and oxygen atoms in total. The van der Waals surface area contributed by atoms with Gasteiger partial charge in [0.1, 0.15) is 0 Å². The molecule has 1 amide bonds. The molecule has 17 heavy (non-hydrogen) atoms. The highest BCUT2D eigenvalue weighted by molar-refractivity contribution is 9.09. The van der Waals surface area contributed by atoms with E-state index in [1.807, 2.05) is 36.1 Å². The van der Waals surface area contributed by atoms with Gasteiger partial charge < -0.3 is 4.90 Å². The van der Waals surface area contributed by atoms with Crippen molar-refractivity contribution >= 4 is 43.3 Å². The normalized spacial score (nSPS) is 10.7. The number of hydrogen-bond donors (Lipinski definition) is 0. The van der Waals surface area contributed by atoms with Crippen LogP contribution in [-0.2, 0) is 0 Å². The number of benzene rings is 1. The molecule has 1 heterocycles. The summed E-state index contributed by atoms with van der Waals surface area (Å²) in [6.07, 6.45) is 0. The van der Waals surface area contributed by atoms with Crippen LogP contribution in [0.3, 0.4) is 0 Å². The van der Waals surface area contributed by atoms with E-state index in [-0.39, 0.29) is 5.91 Å². The standard InChI is InChI=1S/C13H14BrNOS/c1-2-15(8-7-14)13(16)12-9-10-5-3-4-6-11(10)17-12/h3-6,9H,2,7-8H2,1H3. The fourth-order valence-corrected chi connectivity index (χ4v) is 3.21. The zero-order chi connectivity index (χ0) is 12.3. The molecule has 0 saturated carbocycles. The minimum absolute atomic E-state index is 0.133. The topological polar surface area (TPSA) is 20.3 Å². The quantitative estimate of drug-likeness (QED) is 0.787. The maximum absolute atomic E-state index is 12.3. The number of fused-ring (bicyclic) bond motifs is 1. The molecule has 0 spiro atoms. The Labute approximate surface area is 113 Å². The average molecular weight is 312 g/mol. The Balaban J connectivity index is 2.29. The summed E-state index contributed by atoms with van der Waals surface area (Å²) in [4.78, 5) is 14.9.